The van der Waals surface area contributed by atoms with Crippen LogP contribution in [0.1, 0.15) is 5.56 Å². The van der Waals surface area contributed by atoms with Gasteiger partial charge in [-0.15, -0.1) is 0 Å². The molecule has 0 atom stereocenters. The van der Waals surface area contributed by atoms with Gasteiger partial charge in [0.25, 0.3) is 0 Å². The van der Waals surface area contributed by atoms with Gasteiger partial charge >= 0.3 is 6.18 Å². The van der Waals surface area contributed by atoms with E-state index in [2.05, 4.69) is 9.97 Å². The van der Waals surface area contributed by atoms with Crippen molar-refractivity contribution < 1.29 is 17.6 Å². The minimum Gasteiger partial charge on any atom is -0.243 e. The molecule has 0 bridgehead atoms. The van der Waals surface area contributed by atoms with E-state index < -0.39 is 17.6 Å². The fraction of sp³-hybridized carbons (Fsp3) is 0.0909. The Morgan fingerprint density at radius 3 is 2.50 bits per heavy atom. The summed E-state index contributed by atoms with van der Waals surface area (Å²) < 4.78 is 50.7. The van der Waals surface area contributed by atoms with Crippen molar-refractivity contribution in [3.63, 3.8) is 0 Å². The van der Waals surface area contributed by atoms with Gasteiger partial charge < -0.3 is 0 Å². The first-order valence-electron chi connectivity index (χ1n) is 4.72. The van der Waals surface area contributed by atoms with E-state index in [9.17, 15) is 17.6 Å². The predicted octanol–water partition coefficient (Wildman–Crippen LogP) is 3.95. The van der Waals surface area contributed by atoms with Crippen LogP contribution in [-0.4, -0.2) is 9.97 Å². The summed E-state index contributed by atoms with van der Waals surface area (Å²) in [5.74, 6) is -1.34. The van der Waals surface area contributed by atoms with Gasteiger partial charge in [-0.05, 0) is 18.2 Å². The molecule has 0 N–H and O–H groups in total. The highest BCUT2D eigenvalue weighted by Gasteiger charge is 2.34. The number of benzene rings is 1. The largest absolute Gasteiger partial charge is 0.419 e. The van der Waals surface area contributed by atoms with Crippen molar-refractivity contribution in [2.24, 2.45) is 0 Å². The Morgan fingerprint density at radius 2 is 1.89 bits per heavy atom. The van der Waals surface area contributed by atoms with Crippen molar-refractivity contribution in [1.29, 1.82) is 0 Å². The minimum absolute atomic E-state index is 0.0797. The number of halogens is 5. The molecule has 2 rings (SSSR count). The maximum atomic E-state index is 13.1. The molecule has 0 fully saturated rings. The first kappa shape index (κ1) is 12.8. The number of alkyl halides is 3. The predicted molar refractivity (Wildman–Crippen MR) is 57.4 cm³/mol. The zero-order valence-electron chi connectivity index (χ0n) is 8.67. The highest BCUT2D eigenvalue weighted by Crippen LogP contribution is 2.35. The molecule has 0 aliphatic heterocycles. The van der Waals surface area contributed by atoms with Gasteiger partial charge in [0.15, 0.2) is 0 Å². The first-order chi connectivity index (χ1) is 8.39. The minimum atomic E-state index is -4.76. The van der Waals surface area contributed by atoms with Crippen LogP contribution in [0.4, 0.5) is 17.6 Å². The molecule has 2 nitrogen and oxygen atoms in total. The van der Waals surface area contributed by atoms with Crippen molar-refractivity contribution in [2.75, 3.05) is 0 Å². The Bertz CT molecular complexity index is 583. The average molecular weight is 277 g/mol. The van der Waals surface area contributed by atoms with Crippen LogP contribution in [0.3, 0.4) is 0 Å². The van der Waals surface area contributed by atoms with E-state index in [1.54, 1.807) is 0 Å². The molecule has 0 radical (unpaired) electrons. The number of hydrogen-bond acceptors (Lipinski definition) is 2. The lowest BCUT2D eigenvalue weighted by molar-refractivity contribution is -0.139. The second kappa shape index (κ2) is 4.53. The Labute approximate surface area is 104 Å². The van der Waals surface area contributed by atoms with Crippen LogP contribution in [0.5, 0.6) is 0 Å². The van der Waals surface area contributed by atoms with Gasteiger partial charge in [0.2, 0.25) is 0 Å². The summed E-state index contributed by atoms with van der Waals surface area (Å²) >= 11 is 5.77. The summed E-state index contributed by atoms with van der Waals surface area (Å²) in [6.45, 7) is 0. The molecule has 94 valence electrons. The molecule has 0 spiro atoms. The molecule has 2 aromatic rings. The van der Waals surface area contributed by atoms with Crippen LogP contribution in [0.15, 0.2) is 30.7 Å². The van der Waals surface area contributed by atoms with E-state index in [1.807, 2.05) is 0 Å². The van der Waals surface area contributed by atoms with Crippen LogP contribution < -0.4 is 0 Å². The smallest absolute Gasteiger partial charge is 0.243 e. The van der Waals surface area contributed by atoms with Gasteiger partial charge in [-0.1, -0.05) is 11.6 Å². The summed E-state index contributed by atoms with van der Waals surface area (Å²) in [4.78, 5) is 7.39. The summed E-state index contributed by atoms with van der Waals surface area (Å²) in [6, 6.07) is 2.58. The molecule has 0 unspecified atom stereocenters. The van der Waals surface area contributed by atoms with Gasteiger partial charge in [-0.2, -0.15) is 13.2 Å². The maximum Gasteiger partial charge on any atom is 0.419 e. The monoisotopic (exact) mass is 276 g/mol. The number of hydrogen-bond donors (Lipinski definition) is 0. The maximum absolute atomic E-state index is 13.1. The molecule has 0 aliphatic rings. The summed E-state index contributed by atoms with van der Waals surface area (Å²) in [5, 5.41) is 0.0947. The molecule has 1 heterocycles. The van der Waals surface area contributed by atoms with Gasteiger partial charge in [-0.3, -0.25) is 0 Å². The molecule has 1 aromatic carbocycles. The van der Waals surface area contributed by atoms with Crippen molar-refractivity contribution >= 4 is 11.6 Å². The van der Waals surface area contributed by atoms with E-state index in [4.69, 9.17) is 11.6 Å². The molecule has 0 aliphatic carbocycles. The van der Waals surface area contributed by atoms with E-state index in [1.165, 1.54) is 12.3 Å². The van der Waals surface area contributed by atoms with Crippen molar-refractivity contribution in [3.8, 4) is 11.3 Å². The zero-order valence-corrected chi connectivity index (χ0v) is 9.43. The third-order valence-electron chi connectivity index (χ3n) is 2.21. The lowest BCUT2D eigenvalue weighted by Gasteiger charge is -2.10. The average Bonchev–Trinajstić information content (AvgIpc) is 2.29. The van der Waals surface area contributed by atoms with E-state index in [0.29, 0.717) is 6.07 Å². The second-order valence-corrected chi connectivity index (χ2v) is 3.82. The first-order valence-corrected chi connectivity index (χ1v) is 5.10. The SMILES string of the molecule is Fc1ccc(-c2ncncc2Cl)cc1C(F)(F)F. The van der Waals surface area contributed by atoms with Crippen LogP contribution >= 0.6 is 11.6 Å². The lowest BCUT2D eigenvalue weighted by Crippen LogP contribution is -2.08. The van der Waals surface area contributed by atoms with Gasteiger partial charge in [0, 0.05) is 11.8 Å². The third-order valence-corrected chi connectivity index (χ3v) is 2.49. The van der Waals surface area contributed by atoms with Gasteiger partial charge in [0.05, 0.1) is 16.3 Å². The quantitative estimate of drug-likeness (QED) is 0.737. The van der Waals surface area contributed by atoms with E-state index >= 15 is 0 Å². The second-order valence-electron chi connectivity index (χ2n) is 3.41. The molecule has 1 aromatic heterocycles. The molecule has 7 heteroatoms. The highest BCUT2D eigenvalue weighted by molar-refractivity contribution is 6.32. The topological polar surface area (TPSA) is 25.8 Å². The number of aromatic nitrogens is 2. The van der Waals surface area contributed by atoms with Crippen LogP contribution in [-0.2, 0) is 6.18 Å². The summed E-state index contributed by atoms with van der Waals surface area (Å²) in [6.07, 6.45) is -2.36. The van der Waals surface area contributed by atoms with Crippen LogP contribution in [0, 0.1) is 5.82 Å². The fourth-order valence-electron chi connectivity index (χ4n) is 1.41. The van der Waals surface area contributed by atoms with Crippen molar-refractivity contribution in [1.82, 2.24) is 9.97 Å². The molecule has 0 saturated heterocycles. The normalized spacial score (nSPS) is 11.6. The Balaban J connectivity index is 2.58. The van der Waals surface area contributed by atoms with Gasteiger partial charge in [-0.25, -0.2) is 14.4 Å². The van der Waals surface area contributed by atoms with E-state index in [-0.39, 0.29) is 16.3 Å². The van der Waals surface area contributed by atoms with Crippen molar-refractivity contribution in [3.05, 3.63) is 47.1 Å². The Kier molecular flexibility index (Phi) is 3.21. The fourth-order valence-corrected chi connectivity index (χ4v) is 1.63. The van der Waals surface area contributed by atoms with Crippen LogP contribution in [0.2, 0.25) is 5.02 Å². The molecule has 0 saturated carbocycles. The molecule has 0 amide bonds. The summed E-state index contributed by atoms with van der Waals surface area (Å²) in [5.41, 5.74) is -1.15. The molecule has 18 heavy (non-hydrogen) atoms. The van der Waals surface area contributed by atoms with Crippen LogP contribution in [0.25, 0.3) is 11.3 Å². The third kappa shape index (κ3) is 2.43. The lowest BCUT2D eigenvalue weighted by atomic mass is 10.1. The standard InChI is InChI=1S/C11H5ClF4N2/c12-8-4-17-5-18-10(8)6-1-2-9(13)7(3-6)11(14,15)16/h1-5H. The Hall–Kier alpha value is -1.69. The number of nitrogens with zero attached hydrogens (tertiary/aromatic N) is 2. The van der Waals surface area contributed by atoms with Crippen molar-refractivity contribution in [2.45, 2.75) is 6.18 Å². The number of rotatable bonds is 1. The molecular weight excluding hydrogens is 272 g/mol. The zero-order chi connectivity index (χ0) is 13.3. The van der Waals surface area contributed by atoms with Gasteiger partial charge in [0.1, 0.15) is 12.1 Å². The van der Waals surface area contributed by atoms with E-state index in [0.717, 1.165) is 12.4 Å². The Morgan fingerprint density at radius 1 is 1.17 bits per heavy atom. The highest BCUT2D eigenvalue weighted by atomic mass is 35.5. The molecular formula is C11H5ClF4N2. The summed E-state index contributed by atoms with van der Waals surface area (Å²) in [7, 11) is 0.